The molecule has 0 aliphatic rings. The van der Waals surface area contributed by atoms with Gasteiger partial charge in [-0.1, -0.05) is 17.7 Å². The number of nitrogens with zero attached hydrogens (tertiary/aromatic N) is 1. The first-order chi connectivity index (χ1) is 8.90. The summed E-state index contributed by atoms with van der Waals surface area (Å²) in [5.41, 5.74) is 1.11. The fourth-order valence-corrected chi connectivity index (χ4v) is 1.69. The Kier molecular flexibility index (Phi) is 3.42. The number of halogens is 4. The van der Waals surface area contributed by atoms with Crippen molar-refractivity contribution in [3.8, 4) is 0 Å². The van der Waals surface area contributed by atoms with Gasteiger partial charge in [0.25, 0.3) is 11.9 Å². The molecule has 1 N–H and O–H groups in total. The first-order valence-corrected chi connectivity index (χ1v) is 5.44. The lowest BCUT2D eigenvalue weighted by Gasteiger charge is -2.12. The van der Waals surface area contributed by atoms with Crippen LogP contribution >= 0.6 is 0 Å². The molecular weight excluding hydrogens is 260 g/mol. The SMILES string of the molecule is Cc1ccc(Nc2c(F)c(F)nc(F)c2F)c(C)c1. The standard InChI is InChI=1S/C13H10F4N2/c1-6-3-4-8(7(2)5-6)18-11-9(14)12(16)19-13(17)10(11)15/h3-5H,1-2H3,(H,18,19). The normalized spacial score (nSPS) is 10.6. The molecule has 100 valence electrons. The summed E-state index contributed by atoms with van der Waals surface area (Å²) < 4.78 is 52.8. The van der Waals surface area contributed by atoms with Crippen molar-refractivity contribution in [1.29, 1.82) is 0 Å². The zero-order valence-corrected chi connectivity index (χ0v) is 10.2. The van der Waals surface area contributed by atoms with Crippen LogP contribution in [0.1, 0.15) is 11.1 Å². The predicted octanol–water partition coefficient (Wildman–Crippen LogP) is 4.00. The molecule has 0 saturated heterocycles. The Bertz CT molecular complexity index is 615. The number of nitrogens with one attached hydrogen (secondary N) is 1. The van der Waals surface area contributed by atoms with Gasteiger partial charge in [0.15, 0.2) is 0 Å². The monoisotopic (exact) mass is 270 g/mol. The number of anilines is 2. The van der Waals surface area contributed by atoms with Gasteiger partial charge in [0, 0.05) is 5.69 Å². The second kappa shape index (κ2) is 4.87. The number of aromatic nitrogens is 1. The van der Waals surface area contributed by atoms with Crippen LogP contribution in [0.4, 0.5) is 28.9 Å². The van der Waals surface area contributed by atoms with Gasteiger partial charge in [0.05, 0.1) is 0 Å². The van der Waals surface area contributed by atoms with E-state index in [4.69, 9.17) is 0 Å². The van der Waals surface area contributed by atoms with Gasteiger partial charge in [-0.05, 0) is 25.5 Å². The molecule has 0 atom stereocenters. The molecule has 0 spiro atoms. The molecule has 2 aromatic rings. The van der Waals surface area contributed by atoms with Crippen LogP contribution in [0.5, 0.6) is 0 Å². The summed E-state index contributed by atoms with van der Waals surface area (Å²) >= 11 is 0. The molecule has 0 bridgehead atoms. The summed E-state index contributed by atoms with van der Waals surface area (Å²) in [7, 11) is 0. The molecule has 1 aromatic carbocycles. The highest BCUT2D eigenvalue weighted by molar-refractivity contribution is 5.64. The second-order valence-electron chi connectivity index (χ2n) is 4.14. The molecule has 2 rings (SSSR count). The van der Waals surface area contributed by atoms with Crippen LogP contribution in [-0.4, -0.2) is 4.98 Å². The van der Waals surface area contributed by atoms with Crippen LogP contribution in [0.3, 0.4) is 0 Å². The molecule has 6 heteroatoms. The largest absolute Gasteiger partial charge is 0.350 e. The minimum Gasteiger partial charge on any atom is -0.350 e. The van der Waals surface area contributed by atoms with Gasteiger partial charge in [0.1, 0.15) is 5.69 Å². The van der Waals surface area contributed by atoms with Crippen LogP contribution in [0, 0.1) is 37.4 Å². The van der Waals surface area contributed by atoms with Crippen molar-refractivity contribution in [3.05, 3.63) is 52.9 Å². The van der Waals surface area contributed by atoms with Crippen molar-refractivity contribution in [2.24, 2.45) is 0 Å². The summed E-state index contributed by atoms with van der Waals surface area (Å²) in [6.45, 7) is 3.56. The van der Waals surface area contributed by atoms with Crippen molar-refractivity contribution in [1.82, 2.24) is 4.98 Å². The average Bonchev–Trinajstić information content (AvgIpc) is 2.34. The maximum Gasteiger partial charge on any atom is 0.253 e. The van der Waals surface area contributed by atoms with Gasteiger partial charge in [-0.15, -0.1) is 0 Å². The van der Waals surface area contributed by atoms with Crippen LogP contribution in [-0.2, 0) is 0 Å². The van der Waals surface area contributed by atoms with Crippen LogP contribution in [0.25, 0.3) is 0 Å². The van der Waals surface area contributed by atoms with E-state index in [1.54, 1.807) is 25.1 Å². The van der Waals surface area contributed by atoms with E-state index >= 15 is 0 Å². The summed E-state index contributed by atoms with van der Waals surface area (Å²) in [4.78, 5) is 2.49. The van der Waals surface area contributed by atoms with Crippen LogP contribution in [0.2, 0.25) is 0 Å². The lowest BCUT2D eigenvalue weighted by atomic mass is 10.1. The Morgan fingerprint density at radius 3 is 2.05 bits per heavy atom. The summed E-state index contributed by atoms with van der Waals surface area (Å²) in [5.74, 6) is -6.49. The molecule has 1 heterocycles. The molecule has 0 amide bonds. The molecule has 0 unspecified atom stereocenters. The van der Waals surface area contributed by atoms with Crippen molar-refractivity contribution in [3.63, 3.8) is 0 Å². The third kappa shape index (κ3) is 2.52. The lowest BCUT2D eigenvalue weighted by Crippen LogP contribution is -2.06. The van der Waals surface area contributed by atoms with E-state index in [1.165, 1.54) is 0 Å². The Morgan fingerprint density at radius 2 is 1.53 bits per heavy atom. The number of hydrogen-bond acceptors (Lipinski definition) is 2. The molecular formula is C13H10F4N2. The molecule has 0 saturated carbocycles. The van der Waals surface area contributed by atoms with E-state index in [-0.39, 0.29) is 0 Å². The number of benzene rings is 1. The van der Waals surface area contributed by atoms with Gasteiger partial charge in [-0.3, -0.25) is 0 Å². The van der Waals surface area contributed by atoms with Gasteiger partial charge in [-0.25, -0.2) is 0 Å². The number of hydrogen-bond donors (Lipinski definition) is 1. The molecule has 2 nitrogen and oxygen atoms in total. The van der Waals surface area contributed by atoms with E-state index in [0.29, 0.717) is 11.3 Å². The Balaban J connectivity index is 2.49. The third-order valence-electron chi connectivity index (χ3n) is 2.64. The van der Waals surface area contributed by atoms with E-state index in [2.05, 4.69) is 10.3 Å². The highest BCUT2D eigenvalue weighted by Gasteiger charge is 2.21. The molecule has 19 heavy (non-hydrogen) atoms. The van der Waals surface area contributed by atoms with E-state index in [0.717, 1.165) is 5.56 Å². The average molecular weight is 270 g/mol. The number of rotatable bonds is 2. The maximum absolute atomic E-state index is 13.4. The Labute approximate surface area is 107 Å². The van der Waals surface area contributed by atoms with E-state index in [9.17, 15) is 17.6 Å². The smallest absolute Gasteiger partial charge is 0.253 e. The van der Waals surface area contributed by atoms with Crippen LogP contribution in [0.15, 0.2) is 18.2 Å². The Morgan fingerprint density at radius 1 is 0.947 bits per heavy atom. The zero-order valence-electron chi connectivity index (χ0n) is 10.2. The van der Waals surface area contributed by atoms with Crippen molar-refractivity contribution >= 4 is 11.4 Å². The molecule has 0 radical (unpaired) electrons. The topological polar surface area (TPSA) is 24.9 Å². The minimum absolute atomic E-state index is 0.355. The molecule has 0 fully saturated rings. The molecule has 1 aromatic heterocycles. The molecule has 0 aliphatic carbocycles. The number of aryl methyl sites for hydroxylation is 2. The van der Waals surface area contributed by atoms with Crippen LogP contribution < -0.4 is 5.32 Å². The quantitative estimate of drug-likeness (QED) is 0.659. The van der Waals surface area contributed by atoms with Gasteiger partial charge in [-0.2, -0.15) is 22.5 Å². The van der Waals surface area contributed by atoms with E-state index < -0.39 is 29.2 Å². The van der Waals surface area contributed by atoms with Crippen molar-refractivity contribution < 1.29 is 17.6 Å². The van der Waals surface area contributed by atoms with Gasteiger partial charge >= 0.3 is 0 Å². The lowest BCUT2D eigenvalue weighted by molar-refractivity contribution is 0.411. The first kappa shape index (κ1) is 13.3. The van der Waals surface area contributed by atoms with Gasteiger partial charge < -0.3 is 5.32 Å². The summed E-state index contributed by atoms with van der Waals surface area (Å²) in [6, 6.07) is 5.05. The minimum atomic E-state index is -1.69. The Hall–Kier alpha value is -2.11. The highest BCUT2D eigenvalue weighted by Crippen LogP contribution is 2.27. The number of pyridine rings is 1. The predicted molar refractivity (Wildman–Crippen MR) is 63.3 cm³/mol. The zero-order chi connectivity index (χ0) is 14.2. The summed E-state index contributed by atoms with van der Waals surface area (Å²) in [6.07, 6.45) is 0. The fourth-order valence-electron chi connectivity index (χ4n) is 1.69. The van der Waals surface area contributed by atoms with Crippen molar-refractivity contribution in [2.45, 2.75) is 13.8 Å². The maximum atomic E-state index is 13.4. The first-order valence-electron chi connectivity index (χ1n) is 5.44. The summed E-state index contributed by atoms with van der Waals surface area (Å²) in [5, 5.41) is 2.35. The van der Waals surface area contributed by atoms with E-state index in [1.807, 2.05) is 6.92 Å². The highest BCUT2D eigenvalue weighted by atomic mass is 19.2. The second-order valence-corrected chi connectivity index (χ2v) is 4.14. The van der Waals surface area contributed by atoms with Crippen molar-refractivity contribution in [2.75, 3.05) is 5.32 Å². The molecule has 0 aliphatic heterocycles. The fraction of sp³-hybridized carbons (Fsp3) is 0.154. The van der Waals surface area contributed by atoms with Gasteiger partial charge in [0.2, 0.25) is 11.6 Å². The third-order valence-corrected chi connectivity index (χ3v) is 2.64.